The minimum Gasteiger partial charge on any atom is -0.382 e. The predicted molar refractivity (Wildman–Crippen MR) is 151 cm³/mol. The monoisotopic (exact) mass is 580 g/mol. The number of benzene rings is 1. The molecule has 1 saturated carbocycles. The van der Waals surface area contributed by atoms with E-state index in [9.17, 15) is 18.4 Å². The van der Waals surface area contributed by atoms with Crippen LogP contribution >= 0.6 is 0 Å². The van der Waals surface area contributed by atoms with Crippen LogP contribution in [0.4, 0.5) is 5.82 Å². The third kappa shape index (κ3) is 5.53. The average molecular weight is 581 g/mol. The van der Waals surface area contributed by atoms with Crippen LogP contribution in [-0.2, 0) is 24.1 Å². The summed E-state index contributed by atoms with van der Waals surface area (Å²) in [7, 11) is -2.27. The van der Waals surface area contributed by atoms with E-state index in [0.29, 0.717) is 29.7 Å². The second-order valence-corrected chi connectivity index (χ2v) is 12.1. The van der Waals surface area contributed by atoms with Gasteiger partial charge in [0.1, 0.15) is 16.3 Å². The Morgan fingerprint density at radius 3 is 2.46 bits per heavy atom. The van der Waals surface area contributed by atoms with Crippen LogP contribution < -0.4 is 11.2 Å². The fourth-order valence-corrected chi connectivity index (χ4v) is 6.49. The number of hydrogen-bond acceptors (Lipinski definition) is 10. The van der Waals surface area contributed by atoms with E-state index in [2.05, 4.69) is 10.1 Å². The lowest BCUT2D eigenvalue weighted by atomic mass is 9.76. The second kappa shape index (κ2) is 11.5. The third-order valence-corrected chi connectivity index (χ3v) is 8.70. The summed E-state index contributed by atoms with van der Waals surface area (Å²) >= 11 is 0. The normalized spacial score (nSPS) is 19.3. The Morgan fingerprint density at radius 1 is 1.12 bits per heavy atom. The van der Waals surface area contributed by atoms with Crippen molar-refractivity contribution in [3.05, 3.63) is 60.6 Å². The number of anilines is 1. The maximum absolute atomic E-state index is 13.0. The number of nitrogen functional groups attached to an aromatic ring is 1. The number of aromatic nitrogens is 4. The highest BCUT2D eigenvalue weighted by molar-refractivity contribution is 7.91. The Morgan fingerprint density at radius 2 is 1.85 bits per heavy atom. The van der Waals surface area contributed by atoms with Crippen LogP contribution in [0, 0.1) is 0 Å². The topological polar surface area (TPSA) is 171 Å². The molecule has 1 aromatic carbocycles. The van der Waals surface area contributed by atoms with E-state index in [4.69, 9.17) is 20.2 Å². The summed E-state index contributed by atoms with van der Waals surface area (Å²) in [5.41, 5.74) is 10.8. The Hall–Kier alpha value is -3.91. The maximum Gasteiger partial charge on any atom is 0.275 e. The van der Waals surface area contributed by atoms with Gasteiger partial charge in [-0.2, -0.15) is 9.61 Å². The number of sulfone groups is 1. The van der Waals surface area contributed by atoms with E-state index in [1.165, 1.54) is 11.6 Å². The number of ether oxygens (including phenoxy) is 2. The zero-order valence-electron chi connectivity index (χ0n) is 22.8. The molecule has 0 bridgehead atoms. The van der Waals surface area contributed by atoms with Crippen molar-refractivity contribution in [2.75, 3.05) is 32.3 Å². The summed E-state index contributed by atoms with van der Waals surface area (Å²) in [4.78, 5) is 21.9. The number of nitrogens with one attached hydrogen (secondary N) is 1. The molecule has 0 radical (unpaired) electrons. The number of rotatable bonds is 9. The molecule has 3 heterocycles. The zero-order valence-corrected chi connectivity index (χ0v) is 23.6. The van der Waals surface area contributed by atoms with Crippen molar-refractivity contribution >= 4 is 27.2 Å². The van der Waals surface area contributed by atoms with Crippen LogP contribution in [0.3, 0.4) is 0 Å². The second-order valence-electron chi connectivity index (χ2n) is 10.1. The lowest BCUT2D eigenvalue weighted by Crippen LogP contribution is -2.50. The molecule has 13 heteroatoms. The van der Waals surface area contributed by atoms with Gasteiger partial charge in [-0.3, -0.25) is 15.0 Å². The van der Waals surface area contributed by atoms with Gasteiger partial charge in [-0.25, -0.2) is 18.9 Å². The number of fused-ring (bicyclic) bond motifs is 1. The molecule has 1 aliphatic carbocycles. The number of methoxy groups -OCH3 is 1. The van der Waals surface area contributed by atoms with Crippen molar-refractivity contribution in [1.29, 1.82) is 0 Å². The number of pyridine rings is 1. The van der Waals surface area contributed by atoms with Gasteiger partial charge in [0.2, 0.25) is 0 Å². The first-order chi connectivity index (χ1) is 19.7. The van der Waals surface area contributed by atoms with Crippen LogP contribution in [0.25, 0.3) is 28.0 Å². The summed E-state index contributed by atoms with van der Waals surface area (Å²) in [6, 6.07) is 13.6. The van der Waals surface area contributed by atoms with Gasteiger partial charge in [-0.15, -0.1) is 0 Å². The Bertz CT molecular complexity index is 1650. The van der Waals surface area contributed by atoms with Crippen molar-refractivity contribution < 1.29 is 27.9 Å². The molecule has 0 unspecified atom stereocenters. The number of amides is 1. The summed E-state index contributed by atoms with van der Waals surface area (Å²) in [6.45, 7) is 0.443. The number of carbonyl (C=O) groups excluding carboxylic acids is 1. The average Bonchev–Trinajstić information content (AvgIpc) is 3.41. The molecular formula is C28H32N6O6S. The van der Waals surface area contributed by atoms with Crippen molar-refractivity contribution in [3.63, 3.8) is 0 Å². The van der Waals surface area contributed by atoms with Gasteiger partial charge in [-0.05, 0) is 31.7 Å². The maximum atomic E-state index is 13.0. The van der Waals surface area contributed by atoms with Crippen molar-refractivity contribution in [2.45, 2.75) is 42.1 Å². The van der Waals surface area contributed by atoms with E-state index in [0.717, 1.165) is 23.1 Å². The molecule has 0 aliphatic heterocycles. The summed E-state index contributed by atoms with van der Waals surface area (Å²) in [6.07, 6.45) is 5.63. The molecule has 1 fully saturated rings. The van der Waals surface area contributed by atoms with E-state index in [1.807, 2.05) is 42.5 Å². The smallest absolute Gasteiger partial charge is 0.275 e. The van der Waals surface area contributed by atoms with Crippen LogP contribution in [-0.4, -0.2) is 71.3 Å². The van der Waals surface area contributed by atoms with Crippen LogP contribution in [0.15, 0.2) is 59.8 Å². The predicted octanol–water partition coefficient (Wildman–Crippen LogP) is 3.01. The molecule has 0 saturated heterocycles. The van der Waals surface area contributed by atoms with Crippen molar-refractivity contribution in [2.24, 2.45) is 0 Å². The fraction of sp³-hybridized carbons (Fsp3) is 0.357. The van der Waals surface area contributed by atoms with E-state index in [-0.39, 0.29) is 42.7 Å². The highest BCUT2D eigenvalue weighted by atomic mass is 32.2. The minimum absolute atomic E-state index is 0.0334. The molecule has 41 heavy (non-hydrogen) atoms. The molecule has 4 aromatic rings. The molecule has 12 nitrogen and oxygen atoms in total. The molecule has 5 rings (SSSR count). The van der Waals surface area contributed by atoms with Crippen LogP contribution in [0.1, 0.15) is 37.3 Å². The first-order valence-corrected chi connectivity index (χ1v) is 15.0. The van der Waals surface area contributed by atoms with Gasteiger partial charge in [0.05, 0.1) is 30.8 Å². The molecule has 216 valence electrons. The number of nitrogens with zero attached hydrogens (tertiary/aromatic N) is 4. The first kappa shape index (κ1) is 28.6. The quantitative estimate of drug-likeness (QED) is 0.152. The SMILES string of the molecule is COCCO[C@]1(C(=O)NO)CC[C@H](c2nc3c(-c4ccc(-c5ccccc5)nc4)cnn3c(N)c2S(C)(=O)=O)CC1. The summed E-state index contributed by atoms with van der Waals surface area (Å²) in [5.74, 6) is -1.02. The van der Waals surface area contributed by atoms with Crippen molar-refractivity contribution in [1.82, 2.24) is 25.1 Å². The fourth-order valence-electron chi connectivity index (χ4n) is 5.43. The van der Waals surface area contributed by atoms with Crippen molar-refractivity contribution in [3.8, 4) is 22.4 Å². The molecular weight excluding hydrogens is 548 g/mol. The Labute approximate surface area is 237 Å². The highest BCUT2D eigenvalue weighted by Gasteiger charge is 2.44. The van der Waals surface area contributed by atoms with Gasteiger partial charge >= 0.3 is 0 Å². The molecule has 1 aliphatic rings. The molecule has 0 atom stereocenters. The largest absolute Gasteiger partial charge is 0.382 e. The zero-order chi connectivity index (χ0) is 29.2. The lowest BCUT2D eigenvalue weighted by Gasteiger charge is -2.38. The first-order valence-electron chi connectivity index (χ1n) is 13.1. The van der Waals surface area contributed by atoms with Crippen LogP contribution in [0.2, 0.25) is 0 Å². The number of hydrogen-bond donors (Lipinski definition) is 3. The van der Waals surface area contributed by atoms with Gasteiger partial charge in [0.25, 0.3) is 5.91 Å². The highest BCUT2D eigenvalue weighted by Crippen LogP contribution is 2.43. The third-order valence-electron chi connectivity index (χ3n) is 7.54. The summed E-state index contributed by atoms with van der Waals surface area (Å²) < 4.78 is 38.2. The lowest BCUT2D eigenvalue weighted by molar-refractivity contribution is -0.163. The van der Waals surface area contributed by atoms with E-state index < -0.39 is 21.3 Å². The Kier molecular flexibility index (Phi) is 8.04. The van der Waals surface area contributed by atoms with E-state index in [1.54, 1.807) is 17.9 Å². The standard InChI is InChI=1S/C28H32N6O6S/c1-39-14-15-40-28(27(35)33-36)12-10-19(11-13-28)23-24(41(2,37)38)25(29)34-26(32-23)21(17-31-34)20-8-9-22(30-16-20)18-6-4-3-5-7-18/h3-9,16-17,19,36H,10-15,29H2,1-2H3,(H,33,35)/t19-,28+. The molecule has 4 N–H and O–H groups in total. The van der Waals surface area contributed by atoms with E-state index >= 15 is 0 Å². The number of carbonyl (C=O) groups is 1. The van der Waals surface area contributed by atoms with Gasteiger partial charge < -0.3 is 15.2 Å². The van der Waals surface area contributed by atoms with Gasteiger partial charge in [0.15, 0.2) is 15.5 Å². The molecule has 0 spiro atoms. The molecule has 1 amide bonds. The van der Waals surface area contributed by atoms with Crippen LogP contribution in [0.5, 0.6) is 0 Å². The molecule has 3 aromatic heterocycles. The number of hydroxylamine groups is 1. The Balaban J connectivity index is 1.53. The van der Waals surface area contributed by atoms with Gasteiger partial charge in [-0.1, -0.05) is 36.4 Å². The number of nitrogens with two attached hydrogens (primary N) is 1. The minimum atomic E-state index is -3.79. The van der Waals surface area contributed by atoms with Gasteiger partial charge in [0, 0.05) is 42.2 Å². The summed E-state index contributed by atoms with van der Waals surface area (Å²) in [5, 5.41) is 13.7.